The predicted octanol–water partition coefficient (Wildman–Crippen LogP) is 1.88. The molecular weight excluding hydrogens is 350 g/mol. The Bertz CT molecular complexity index is 604. The van der Waals surface area contributed by atoms with Gasteiger partial charge < -0.3 is 19.9 Å². The van der Waals surface area contributed by atoms with Gasteiger partial charge in [-0.2, -0.15) is 0 Å². The van der Waals surface area contributed by atoms with Crippen LogP contribution in [-0.4, -0.2) is 91.8 Å². The van der Waals surface area contributed by atoms with Crippen molar-refractivity contribution in [2.45, 2.75) is 39.5 Å². The highest BCUT2D eigenvalue weighted by Crippen LogP contribution is 2.24. The topological polar surface area (TPSA) is 43.3 Å². The fourth-order valence-electron chi connectivity index (χ4n) is 4.21. The summed E-state index contributed by atoms with van der Waals surface area (Å²) in [6.45, 7) is 16.2. The van der Waals surface area contributed by atoms with E-state index in [4.69, 9.17) is 9.73 Å². The van der Waals surface area contributed by atoms with Crippen LogP contribution in [-0.2, 0) is 11.3 Å². The molecule has 0 aromatic heterocycles. The number of nitrogens with zero attached hydrogens (tertiary/aromatic N) is 4. The zero-order valence-electron chi connectivity index (χ0n) is 17.8. The number of fused-ring (bicyclic) bond motifs is 1. The lowest BCUT2D eigenvalue weighted by atomic mass is 10.1. The summed E-state index contributed by atoms with van der Waals surface area (Å²) >= 11 is 0. The van der Waals surface area contributed by atoms with E-state index in [0.29, 0.717) is 6.04 Å². The minimum Gasteiger partial charge on any atom is -0.373 e. The molecule has 0 saturated carbocycles. The normalized spacial score (nSPS) is 23.3. The number of guanidine groups is 1. The molecule has 1 N–H and O–H groups in total. The summed E-state index contributed by atoms with van der Waals surface area (Å²) in [5.74, 6) is 1.03. The molecule has 0 spiro atoms. The standard InChI is InChI=1S/C22H37N5O/c1-4-23-22(24-12-13-25(5-2)6-3)27-17-20-21(18-27)28-15-14-26(20)16-19-10-8-7-9-11-19/h7-11,20-21H,4-6,12-18H2,1-3H3,(H,23,24). The molecule has 0 radical (unpaired) electrons. The number of likely N-dealkylation sites (tertiary alicyclic amines) is 1. The summed E-state index contributed by atoms with van der Waals surface area (Å²) in [5, 5.41) is 3.49. The Hall–Kier alpha value is -1.63. The number of likely N-dealkylation sites (N-methyl/N-ethyl adjacent to an activating group) is 1. The second-order valence-corrected chi connectivity index (χ2v) is 7.60. The van der Waals surface area contributed by atoms with E-state index in [1.165, 1.54) is 5.56 Å². The van der Waals surface area contributed by atoms with Crippen molar-refractivity contribution in [1.82, 2.24) is 20.0 Å². The minimum atomic E-state index is 0.268. The molecule has 2 fully saturated rings. The Balaban J connectivity index is 1.62. The lowest BCUT2D eigenvalue weighted by molar-refractivity contribution is -0.0502. The van der Waals surface area contributed by atoms with Crippen LogP contribution in [0.5, 0.6) is 0 Å². The van der Waals surface area contributed by atoms with Gasteiger partial charge in [-0.15, -0.1) is 0 Å². The van der Waals surface area contributed by atoms with Crippen molar-refractivity contribution >= 4 is 5.96 Å². The molecule has 156 valence electrons. The molecule has 0 aliphatic carbocycles. The maximum absolute atomic E-state index is 6.13. The number of ether oxygens (including phenoxy) is 1. The Labute approximate surface area is 170 Å². The molecule has 0 bridgehead atoms. The molecule has 2 aliphatic heterocycles. The molecule has 6 heteroatoms. The second-order valence-electron chi connectivity index (χ2n) is 7.60. The van der Waals surface area contributed by atoms with Crippen molar-refractivity contribution in [3.63, 3.8) is 0 Å². The first kappa shape index (κ1) is 21.1. The van der Waals surface area contributed by atoms with Crippen molar-refractivity contribution in [3.05, 3.63) is 35.9 Å². The molecule has 6 nitrogen and oxygen atoms in total. The quantitative estimate of drug-likeness (QED) is 0.545. The van der Waals surface area contributed by atoms with Gasteiger partial charge in [0, 0.05) is 39.3 Å². The SMILES string of the molecule is CCNC(=NCCN(CC)CC)N1CC2OCCN(Cc3ccccc3)C2C1. The lowest BCUT2D eigenvalue weighted by Gasteiger charge is -2.36. The number of benzene rings is 1. The molecule has 0 amide bonds. The van der Waals surface area contributed by atoms with E-state index in [2.05, 4.69) is 71.1 Å². The average molecular weight is 388 g/mol. The lowest BCUT2D eigenvalue weighted by Crippen LogP contribution is -2.50. The third kappa shape index (κ3) is 5.46. The van der Waals surface area contributed by atoms with Gasteiger partial charge in [0.05, 0.1) is 25.3 Å². The Kier molecular flexibility index (Phi) is 8.13. The summed E-state index contributed by atoms with van der Waals surface area (Å²) in [6, 6.07) is 11.2. The third-order valence-electron chi connectivity index (χ3n) is 5.85. The van der Waals surface area contributed by atoms with Gasteiger partial charge in [-0.3, -0.25) is 9.89 Å². The second kappa shape index (κ2) is 10.8. The van der Waals surface area contributed by atoms with Gasteiger partial charge in [-0.1, -0.05) is 44.2 Å². The van der Waals surface area contributed by atoms with Crippen molar-refractivity contribution in [2.24, 2.45) is 4.99 Å². The first-order valence-electron chi connectivity index (χ1n) is 10.9. The maximum atomic E-state index is 6.13. The number of hydrogen-bond acceptors (Lipinski definition) is 4. The smallest absolute Gasteiger partial charge is 0.194 e. The monoisotopic (exact) mass is 387 g/mol. The maximum Gasteiger partial charge on any atom is 0.194 e. The minimum absolute atomic E-state index is 0.268. The zero-order chi connectivity index (χ0) is 19.8. The molecule has 3 rings (SSSR count). The van der Waals surface area contributed by atoms with Crippen LogP contribution in [0.15, 0.2) is 35.3 Å². The van der Waals surface area contributed by atoms with Gasteiger partial charge in [-0.05, 0) is 25.6 Å². The summed E-state index contributed by atoms with van der Waals surface area (Å²) in [5.41, 5.74) is 1.38. The van der Waals surface area contributed by atoms with Crippen LogP contribution in [0.4, 0.5) is 0 Å². The van der Waals surface area contributed by atoms with Crippen LogP contribution in [0.3, 0.4) is 0 Å². The van der Waals surface area contributed by atoms with Crippen LogP contribution < -0.4 is 5.32 Å². The number of aliphatic imine (C=N–C) groups is 1. The molecule has 2 saturated heterocycles. The summed E-state index contributed by atoms with van der Waals surface area (Å²) in [7, 11) is 0. The van der Waals surface area contributed by atoms with Crippen LogP contribution in [0.1, 0.15) is 26.3 Å². The average Bonchev–Trinajstić information content (AvgIpc) is 3.16. The fraction of sp³-hybridized carbons (Fsp3) is 0.682. The van der Waals surface area contributed by atoms with Crippen LogP contribution in [0.25, 0.3) is 0 Å². The molecule has 2 aliphatic rings. The number of nitrogens with one attached hydrogen (secondary N) is 1. The van der Waals surface area contributed by atoms with Gasteiger partial charge in [-0.25, -0.2) is 0 Å². The highest BCUT2D eigenvalue weighted by molar-refractivity contribution is 5.80. The largest absolute Gasteiger partial charge is 0.373 e. The van der Waals surface area contributed by atoms with Gasteiger partial charge in [0.15, 0.2) is 5.96 Å². The Morgan fingerprint density at radius 2 is 1.96 bits per heavy atom. The van der Waals surface area contributed by atoms with Gasteiger partial charge in [0.25, 0.3) is 0 Å². The predicted molar refractivity (Wildman–Crippen MR) is 116 cm³/mol. The van der Waals surface area contributed by atoms with Gasteiger partial charge in [0.2, 0.25) is 0 Å². The summed E-state index contributed by atoms with van der Waals surface area (Å²) in [4.78, 5) is 12.3. The van der Waals surface area contributed by atoms with Crippen molar-refractivity contribution in [3.8, 4) is 0 Å². The number of rotatable bonds is 8. The molecule has 2 atom stereocenters. The van der Waals surface area contributed by atoms with Crippen molar-refractivity contribution < 1.29 is 4.74 Å². The first-order chi connectivity index (χ1) is 13.7. The summed E-state index contributed by atoms with van der Waals surface area (Å²) < 4.78 is 6.13. The molecule has 2 unspecified atom stereocenters. The van der Waals surface area contributed by atoms with Crippen molar-refractivity contribution in [2.75, 3.05) is 59.0 Å². The molecular formula is C22H37N5O. The molecule has 28 heavy (non-hydrogen) atoms. The van der Waals surface area contributed by atoms with E-state index in [1.54, 1.807) is 0 Å². The van der Waals surface area contributed by atoms with E-state index >= 15 is 0 Å². The highest BCUT2D eigenvalue weighted by atomic mass is 16.5. The number of morpholine rings is 1. The van der Waals surface area contributed by atoms with Crippen LogP contribution in [0, 0.1) is 0 Å². The van der Waals surface area contributed by atoms with E-state index in [1.807, 2.05) is 0 Å². The highest BCUT2D eigenvalue weighted by Gasteiger charge is 2.41. The van der Waals surface area contributed by atoms with Gasteiger partial charge >= 0.3 is 0 Å². The molecule has 2 heterocycles. The number of hydrogen-bond donors (Lipinski definition) is 1. The van der Waals surface area contributed by atoms with Crippen LogP contribution >= 0.6 is 0 Å². The first-order valence-corrected chi connectivity index (χ1v) is 10.9. The Morgan fingerprint density at radius 1 is 1.18 bits per heavy atom. The van der Waals surface area contributed by atoms with Crippen LogP contribution in [0.2, 0.25) is 0 Å². The van der Waals surface area contributed by atoms with Crippen molar-refractivity contribution in [1.29, 1.82) is 0 Å². The van der Waals surface area contributed by atoms with E-state index in [-0.39, 0.29) is 6.10 Å². The van der Waals surface area contributed by atoms with E-state index in [0.717, 1.165) is 71.5 Å². The molecule has 1 aromatic carbocycles. The Morgan fingerprint density at radius 3 is 2.68 bits per heavy atom. The molecule has 1 aromatic rings. The zero-order valence-corrected chi connectivity index (χ0v) is 17.8. The fourth-order valence-corrected chi connectivity index (χ4v) is 4.21. The van der Waals surface area contributed by atoms with E-state index in [9.17, 15) is 0 Å². The third-order valence-corrected chi connectivity index (χ3v) is 5.85. The summed E-state index contributed by atoms with van der Waals surface area (Å²) in [6.07, 6.45) is 0.268. The van der Waals surface area contributed by atoms with Gasteiger partial charge in [0.1, 0.15) is 0 Å². The van der Waals surface area contributed by atoms with E-state index < -0.39 is 0 Å².